The molecule has 0 aliphatic carbocycles. The lowest BCUT2D eigenvalue weighted by Crippen LogP contribution is -2.61. The van der Waals surface area contributed by atoms with Gasteiger partial charge in [0.1, 0.15) is 0 Å². The van der Waals surface area contributed by atoms with E-state index in [9.17, 15) is 0 Å². The Bertz CT molecular complexity index is 4580. The largest absolute Gasteiger partial charge is 0.311 e. The number of hydrogen-bond donors (Lipinski definition) is 0. The second-order valence-corrected chi connectivity index (χ2v) is 37.3. The molecule has 0 N–H and O–H groups in total. The summed E-state index contributed by atoms with van der Waals surface area (Å²) in [7, 11) is 0. The molecule has 2 heterocycles. The van der Waals surface area contributed by atoms with Crippen molar-refractivity contribution in [2.75, 3.05) is 19.6 Å². The number of aryl methyl sites for hydroxylation is 2. The fourth-order valence-electron chi connectivity index (χ4n) is 14.8. The molecular formula is C94H112BClN4. The molecule has 0 atom stereocenters. The Balaban J connectivity index is 0.000000202. The molecule has 0 radical (unpaired) electrons. The van der Waals surface area contributed by atoms with Crippen LogP contribution in [0.2, 0.25) is 5.02 Å². The lowest BCUT2D eigenvalue weighted by atomic mass is 9.33. The fraction of sp³-hybridized carbons (Fsp3) is 0.362. The van der Waals surface area contributed by atoms with Crippen molar-refractivity contribution in [3.63, 3.8) is 0 Å². The van der Waals surface area contributed by atoms with Crippen LogP contribution < -0.4 is 36.0 Å². The van der Waals surface area contributed by atoms with E-state index < -0.39 is 0 Å². The van der Waals surface area contributed by atoms with Crippen molar-refractivity contribution in [3.8, 4) is 0 Å². The highest BCUT2D eigenvalue weighted by atomic mass is 35.5. The molecule has 6 heteroatoms. The van der Waals surface area contributed by atoms with Gasteiger partial charge in [-0.3, -0.25) is 0 Å². The van der Waals surface area contributed by atoms with Gasteiger partial charge in [0.25, 0.3) is 6.71 Å². The highest BCUT2D eigenvalue weighted by Crippen LogP contribution is 2.51. The van der Waals surface area contributed by atoms with Crippen molar-refractivity contribution >= 4 is 103 Å². The van der Waals surface area contributed by atoms with Gasteiger partial charge in [-0.15, -0.1) is 0 Å². The minimum atomic E-state index is -0.0439. The third kappa shape index (κ3) is 14.6. The highest BCUT2D eigenvalue weighted by Gasteiger charge is 2.44. The monoisotopic (exact) mass is 1340 g/mol. The number of anilines is 12. The summed E-state index contributed by atoms with van der Waals surface area (Å²) in [5, 5.41) is 0.691. The Hall–Kier alpha value is -8.25. The molecule has 0 spiro atoms. The third-order valence-corrected chi connectivity index (χ3v) is 20.8. The van der Waals surface area contributed by atoms with Crippen molar-refractivity contribution in [2.24, 2.45) is 0 Å². The van der Waals surface area contributed by atoms with Gasteiger partial charge in [0.15, 0.2) is 0 Å². The minimum absolute atomic E-state index is 0.000802. The summed E-state index contributed by atoms with van der Waals surface area (Å²) in [5.41, 5.74) is 31.2. The molecule has 0 aromatic heterocycles. The van der Waals surface area contributed by atoms with Gasteiger partial charge in [0.05, 0.1) is 16.4 Å². The first kappa shape index (κ1) is 73.0. The van der Waals surface area contributed by atoms with E-state index in [2.05, 4.69) is 406 Å². The number of halogens is 1. The molecule has 0 bridgehead atoms. The van der Waals surface area contributed by atoms with Crippen LogP contribution in [0.4, 0.5) is 68.2 Å². The van der Waals surface area contributed by atoms with Crippen LogP contribution >= 0.6 is 11.6 Å². The quantitative estimate of drug-likeness (QED) is 0.141. The van der Waals surface area contributed by atoms with E-state index in [4.69, 9.17) is 11.6 Å². The van der Waals surface area contributed by atoms with Crippen LogP contribution in [0.15, 0.2) is 206 Å². The second-order valence-electron chi connectivity index (χ2n) is 36.9. The molecule has 4 nitrogen and oxygen atoms in total. The van der Waals surface area contributed by atoms with Gasteiger partial charge in [-0.2, -0.15) is 0 Å². The molecule has 10 aromatic carbocycles. The zero-order chi connectivity index (χ0) is 72.9. The number of para-hydroxylation sites is 2. The van der Waals surface area contributed by atoms with Gasteiger partial charge >= 0.3 is 0 Å². The van der Waals surface area contributed by atoms with Crippen LogP contribution in [0.5, 0.6) is 0 Å². The van der Waals surface area contributed by atoms with Gasteiger partial charge < -0.3 is 19.6 Å². The predicted molar refractivity (Wildman–Crippen MR) is 440 cm³/mol. The maximum Gasteiger partial charge on any atom is 0.252 e. The van der Waals surface area contributed by atoms with Crippen molar-refractivity contribution in [1.29, 1.82) is 0 Å². The molecule has 0 saturated heterocycles. The second kappa shape index (κ2) is 26.3. The van der Waals surface area contributed by atoms with Gasteiger partial charge in [0, 0.05) is 56.9 Å². The number of rotatable bonds is 8. The van der Waals surface area contributed by atoms with Crippen molar-refractivity contribution in [1.82, 2.24) is 0 Å². The summed E-state index contributed by atoms with van der Waals surface area (Å²) in [6.07, 6.45) is 0. The Morgan fingerprint density at radius 2 is 0.640 bits per heavy atom. The molecule has 2 aliphatic rings. The maximum absolute atomic E-state index is 7.73. The summed E-state index contributed by atoms with van der Waals surface area (Å²) >= 11 is 7.73. The normalized spacial score (nSPS) is 13.5. The van der Waals surface area contributed by atoms with Crippen LogP contribution in [-0.2, 0) is 43.3 Å². The van der Waals surface area contributed by atoms with E-state index in [1.165, 1.54) is 101 Å². The Morgan fingerprint density at radius 3 is 1.11 bits per heavy atom. The van der Waals surface area contributed by atoms with Crippen LogP contribution in [0.1, 0.15) is 222 Å². The van der Waals surface area contributed by atoms with E-state index in [1.54, 1.807) is 0 Å². The fourth-order valence-corrected chi connectivity index (χ4v) is 15.1. The minimum Gasteiger partial charge on any atom is -0.311 e. The Labute approximate surface area is 609 Å². The van der Waals surface area contributed by atoms with E-state index >= 15 is 0 Å². The molecule has 0 amide bonds. The lowest BCUT2D eigenvalue weighted by Gasteiger charge is -2.45. The first-order valence-corrected chi connectivity index (χ1v) is 36.8. The van der Waals surface area contributed by atoms with Gasteiger partial charge in [0.2, 0.25) is 0 Å². The van der Waals surface area contributed by atoms with Gasteiger partial charge in [-0.25, -0.2) is 0 Å². The SMILES string of the molecule is Cc1cc(N(c2ccc(C(C)(C)C)cc2)c2ccc(C(C)(C)C)cc2)c(Cl)c(N(c2ccccc2)c2ccc(C(C)(C)C)c(C(C)(C)C)c2)c1.Cc1cc2c3c(c1)N(c1ccc(C(C)(C)C)cc1)c1ccc(C(C)(C)C)cc1B3c1ccccc1N2c1ccc(C(C)(C)C)c(C(C)(C)C)c1. The summed E-state index contributed by atoms with van der Waals surface area (Å²) in [4.78, 5) is 9.72. The summed E-state index contributed by atoms with van der Waals surface area (Å²) in [5.74, 6) is 0. The summed E-state index contributed by atoms with van der Waals surface area (Å²) in [6.45, 7) is 59.8. The van der Waals surface area contributed by atoms with E-state index in [1.807, 2.05) is 0 Å². The van der Waals surface area contributed by atoms with E-state index in [0.717, 1.165) is 39.7 Å². The van der Waals surface area contributed by atoms with Crippen molar-refractivity contribution in [2.45, 2.75) is 223 Å². The Kier molecular flexibility index (Phi) is 19.2. The summed E-state index contributed by atoms with van der Waals surface area (Å²) < 4.78 is 0. The molecular weight excluding hydrogens is 1230 g/mol. The molecule has 100 heavy (non-hydrogen) atoms. The smallest absolute Gasteiger partial charge is 0.252 e. The molecule has 2 aliphatic heterocycles. The molecule has 518 valence electrons. The first-order chi connectivity index (χ1) is 46.4. The molecule has 12 rings (SSSR count). The average molecular weight is 1340 g/mol. The van der Waals surface area contributed by atoms with Gasteiger partial charge in [-0.1, -0.05) is 275 Å². The van der Waals surface area contributed by atoms with E-state index in [-0.39, 0.29) is 50.0 Å². The molecule has 0 saturated carbocycles. The molecule has 0 fully saturated rings. The molecule has 0 unspecified atom stereocenters. The summed E-state index contributed by atoms with van der Waals surface area (Å²) in [6, 6.07) is 77.6. The zero-order valence-electron chi connectivity index (χ0n) is 65.4. The standard InChI is InChI=1S/C47H55BN2.C47H57ClN2/c1-30-26-41-43-42(27-30)50(34-23-24-35(46(8,9)10)36(29-34)47(11,12)13)39-17-15-14-16-37(39)48(43)38-28-32(45(5,6)7)20-25-40(38)49(41)33-21-18-31(19-22-33)44(2,3)4;1-32-29-41(49(36-23-19-33(20-24-36)44(2,3)4)37-25-21-34(22-26-37)45(5,6)7)43(48)42(30-32)50(35-17-15-14-16-18-35)38-27-28-39(46(8,9)10)40(31-38)47(11,12)13/h14-29H,1-13H3;14-31H,1-13H3. The maximum atomic E-state index is 7.73. The predicted octanol–water partition coefficient (Wildman–Crippen LogP) is 26.0. The number of benzene rings is 10. The van der Waals surface area contributed by atoms with Crippen molar-refractivity contribution < 1.29 is 0 Å². The van der Waals surface area contributed by atoms with Crippen molar-refractivity contribution in [3.05, 3.63) is 267 Å². The third-order valence-electron chi connectivity index (χ3n) is 20.4. The topological polar surface area (TPSA) is 13.0 Å². The van der Waals surface area contributed by atoms with Gasteiger partial charge in [-0.05, 0) is 238 Å². The van der Waals surface area contributed by atoms with Crippen LogP contribution in [0.3, 0.4) is 0 Å². The lowest BCUT2D eigenvalue weighted by molar-refractivity contribution is 0.530. The van der Waals surface area contributed by atoms with Crippen LogP contribution in [0.25, 0.3) is 0 Å². The number of hydrogen-bond acceptors (Lipinski definition) is 4. The molecule has 10 aromatic rings. The van der Waals surface area contributed by atoms with Crippen LogP contribution in [-0.4, -0.2) is 6.71 Å². The Morgan fingerprint density at radius 1 is 0.280 bits per heavy atom. The number of nitrogens with zero attached hydrogens (tertiary/aromatic N) is 4. The zero-order valence-corrected chi connectivity index (χ0v) is 66.1. The average Bonchev–Trinajstić information content (AvgIpc) is 0.697. The highest BCUT2D eigenvalue weighted by molar-refractivity contribution is 7.00. The van der Waals surface area contributed by atoms with Crippen LogP contribution in [0, 0.1) is 13.8 Å². The number of fused-ring (bicyclic) bond motifs is 4. The first-order valence-electron chi connectivity index (χ1n) is 36.5. The van der Waals surface area contributed by atoms with E-state index in [0.29, 0.717) is 5.02 Å².